The predicted molar refractivity (Wildman–Crippen MR) is 105 cm³/mol. The molecule has 126 valence electrons. The Morgan fingerprint density at radius 2 is 1.85 bits per heavy atom. The van der Waals surface area contributed by atoms with Crippen molar-refractivity contribution in [3.8, 4) is 34.0 Å². The van der Waals surface area contributed by atoms with E-state index in [1.807, 2.05) is 29.6 Å². The number of nitriles is 2. The van der Waals surface area contributed by atoms with Crippen molar-refractivity contribution >= 4 is 22.7 Å². The molecular formula is C20H15N5S. The van der Waals surface area contributed by atoms with Crippen molar-refractivity contribution in [2.45, 2.75) is 13.8 Å². The van der Waals surface area contributed by atoms with Crippen LogP contribution >= 0.6 is 11.3 Å². The van der Waals surface area contributed by atoms with E-state index in [4.69, 9.17) is 15.5 Å². The van der Waals surface area contributed by atoms with Crippen LogP contribution in [-0.4, -0.2) is 10.7 Å². The second kappa shape index (κ2) is 7.60. The quantitative estimate of drug-likeness (QED) is 0.531. The molecule has 3 rings (SSSR count). The van der Waals surface area contributed by atoms with Crippen LogP contribution in [0.1, 0.15) is 11.1 Å². The van der Waals surface area contributed by atoms with E-state index < -0.39 is 0 Å². The van der Waals surface area contributed by atoms with Gasteiger partial charge in [0, 0.05) is 16.5 Å². The van der Waals surface area contributed by atoms with Crippen molar-refractivity contribution in [3.63, 3.8) is 0 Å². The third-order valence-corrected chi connectivity index (χ3v) is 4.82. The van der Waals surface area contributed by atoms with Gasteiger partial charge in [-0.05, 0) is 43.2 Å². The van der Waals surface area contributed by atoms with Crippen molar-refractivity contribution in [1.29, 1.82) is 10.5 Å². The highest BCUT2D eigenvalue weighted by Crippen LogP contribution is 2.30. The minimum absolute atomic E-state index is 0.221. The molecule has 0 spiro atoms. The molecule has 0 bridgehead atoms. The molecule has 0 fully saturated rings. The average molecular weight is 357 g/mol. The minimum atomic E-state index is -0.221. The second-order valence-electron chi connectivity index (χ2n) is 5.71. The van der Waals surface area contributed by atoms with Crippen LogP contribution in [0.15, 0.2) is 52.9 Å². The van der Waals surface area contributed by atoms with Gasteiger partial charge in [-0.15, -0.1) is 11.3 Å². The molecule has 0 atom stereocenters. The fraction of sp³-hybridized carbons (Fsp3) is 0.100. The Bertz CT molecular complexity index is 1050. The number of nitrogens with zero attached hydrogens (tertiary/aromatic N) is 4. The Morgan fingerprint density at radius 1 is 1.04 bits per heavy atom. The summed E-state index contributed by atoms with van der Waals surface area (Å²) >= 11 is 1.57. The average Bonchev–Trinajstić information content (AvgIpc) is 3.15. The summed E-state index contributed by atoms with van der Waals surface area (Å²) in [5, 5.41) is 24.2. The molecule has 0 saturated heterocycles. The third kappa shape index (κ3) is 3.77. The number of thiazole rings is 1. The first-order valence-electron chi connectivity index (χ1n) is 7.88. The Kier molecular flexibility index (Phi) is 5.07. The van der Waals surface area contributed by atoms with E-state index in [2.05, 4.69) is 42.6 Å². The van der Waals surface area contributed by atoms with Crippen LogP contribution in [0.3, 0.4) is 0 Å². The molecule has 1 N–H and O–H groups in total. The number of benzene rings is 2. The maximum Gasteiger partial charge on any atom is 0.237 e. The molecule has 1 heterocycles. The molecular weight excluding hydrogens is 342 g/mol. The van der Waals surface area contributed by atoms with E-state index in [0.717, 1.165) is 21.8 Å². The number of rotatable bonds is 4. The van der Waals surface area contributed by atoms with E-state index in [0.29, 0.717) is 5.69 Å². The van der Waals surface area contributed by atoms with Gasteiger partial charge in [0.2, 0.25) is 5.71 Å². The zero-order valence-electron chi connectivity index (χ0n) is 14.3. The van der Waals surface area contributed by atoms with Gasteiger partial charge in [0.25, 0.3) is 0 Å². The fourth-order valence-corrected chi connectivity index (χ4v) is 3.18. The van der Waals surface area contributed by atoms with Gasteiger partial charge in [0.05, 0.1) is 11.4 Å². The number of hydrogen-bond donors (Lipinski definition) is 1. The summed E-state index contributed by atoms with van der Waals surface area (Å²) in [6.07, 6.45) is 0. The first kappa shape index (κ1) is 17.3. The van der Waals surface area contributed by atoms with E-state index in [9.17, 15) is 0 Å². The van der Waals surface area contributed by atoms with Crippen LogP contribution < -0.4 is 5.43 Å². The lowest BCUT2D eigenvalue weighted by atomic mass is 10.1. The maximum atomic E-state index is 8.73. The zero-order chi connectivity index (χ0) is 18.5. The Labute approximate surface area is 155 Å². The zero-order valence-corrected chi connectivity index (χ0v) is 15.1. The predicted octanol–water partition coefficient (Wildman–Crippen LogP) is 4.91. The smallest absolute Gasteiger partial charge is 0.237 e. The van der Waals surface area contributed by atoms with Crippen molar-refractivity contribution in [2.75, 3.05) is 5.43 Å². The molecule has 3 aromatic rings. The number of aryl methyl sites for hydroxylation is 2. The molecule has 5 nitrogen and oxygen atoms in total. The molecule has 0 amide bonds. The monoisotopic (exact) mass is 357 g/mol. The number of aromatic nitrogens is 1. The highest BCUT2D eigenvalue weighted by Gasteiger charge is 2.08. The molecule has 0 aliphatic rings. The van der Waals surface area contributed by atoms with Gasteiger partial charge in [-0.2, -0.15) is 15.6 Å². The van der Waals surface area contributed by atoms with E-state index in [1.165, 1.54) is 11.1 Å². The molecule has 2 aromatic carbocycles. The van der Waals surface area contributed by atoms with Crippen LogP contribution in [0.25, 0.3) is 21.8 Å². The van der Waals surface area contributed by atoms with Crippen molar-refractivity contribution in [1.82, 2.24) is 4.98 Å². The molecule has 6 heteroatoms. The topological polar surface area (TPSA) is 84.9 Å². The van der Waals surface area contributed by atoms with Crippen LogP contribution in [0.4, 0.5) is 5.69 Å². The Morgan fingerprint density at radius 3 is 2.58 bits per heavy atom. The van der Waals surface area contributed by atoms with Crippen molar-refractivity contribution in [3.05, 3.63) is 59.0 Å². The van der Waals surface area contributed by atoms with Crippen molar-refractivity contribution < 1.29 is 0 Å². The van der Waals surface area contributed by atoms with Crippen LogP contribution in [-0.2, 0) is 0 Å². The van der Waals surface area contributed by atoms with Crippen molar-refractivity contribution in [2.24, 2.45) is 5.10 Å². The third-order valence-electron chi connectivity index (χ3n) is 3.92. The maximum absolute atomic E-state index is 8.73. The fourth-order valence-electron chi connectivity index (χ4n) is 2.36. The van der Waals surface area contributed by atoms with Gasteiger partial charge in [-0.1, -0.05) is 24.3 Å². The number of hydrogen-bond acceptors (Lipinski definition) is 6. The summed E-state index contributed by atoms with van der Waals surface area (Å²) in [4.78, 5) is 4.74. The first-order chi connectivity index (χ1) is 12.6. The van der Waals surface area contributed by atoms with Gasteiger partial charge in [-0.25, -0.2) is 4.98 Å². The molecule has 26 heavy (non-hydrogen) atoms. The number of nitrogens with one attached hydrogen (secondary N) is 1. The molecule has 0 unspecified atom stereocenters. The van der Waals surface area contributed by atoms with Gasteiger partial charge >= 0.3 is 0 Å². The molecule has 0 radical (unpaired) electrons. The summed E-state index contributed by atoms with van der Waals surface area (Å²) in [5.74, 6) is 0. The largest absolute Gasteiger partial charge is 0.276 e. The van der Waals surface area contributed by atoms with Gasteiger partial charge in [0.15, 0.2) is 0 Å². The standard InChI is InChI=1S/C20H15N5S/c1-13-6-7-15(8-14(13)2)19-12-26-20(23-19)16-4-3-5-17(9-16)24-25-18(10-21)11-22/h3-9,12,24H,1-2H3. The lowest BCUT2D eigenvalue weighted by Crippen LogP contribution is -1.96. The summed E-state index contributed by atoms with van der Waals surface area (Å²) < 4.78 is 0. The highest BCUT2D eigenvalue weighted by atomic mass is 32.1. The summed E-state index contributed by atoms with van der Waals surface area (Å²) in [5.41, 5.74) is 8.69. The van der Waals surface area contributed by atoms with Crippen LogP contribution in [0.2, 0.25) is 0 Å². The van der Waals surface area contributed by atoms with E-state index in [1.54, 1.807) is 23.5 Å². The van der Waals surface area contributed by atoms with Gasteiger partial charge in [0.1, 0.15) is 17.1 Å². The lowest BCUT2D eigenvalue weighted by Gasteiger charge is -2.03. The highest BCUT2D eigenvalue weighted by molar-refractivity contribution is 7.13. The summed E-state index contributed by atoms with van der Waals surface area (Å²) in [6, 6.07) is 17.3. The second-order valence-corrected chi connectivity index (χ2v) is 6.57. The van der Waals surface area contributed by atoms with E-state index in [-0.39, 0.29) is 5.71 Å². The van der Waals surface area contributed by atoms with Gasteiger partial charge < -0.3 is 0 Å². The number of anilines is 1. The summed E-state index contributed by atoms with van der Waals surface area (Å²) in [6.45, 7) is 4.19. The molecule has 0 aliphatic heterocycles. The number of hydrazone groups is 1. The molecule has 1 aromatic heterocycles. The summed E-state index contributed by atoms with van der Waals surface area (Å²) in [7, 11) is 0. The Balaban J connectivity index is 1.87. The van der Waals surface area contributed by atoms with Gasteiger partial charge in [-0.3, -0.25) is 5.43 Å². The van der Waals surface area contributed by atoms with Crippen LogP contribution in [0.5, 0.6) is 0 Å². The first-order valence-corrected chi connectivity index (χ1v) is 8.76. The SMILES string of the molecule is Cc1ccc(-c2csc(-c3cccc(NN=C(C#N)C#N)c3)n2)cc1C. The van der Waals surface area contributed by atoms with Crippen LogP contribution in [0, 0.1) is 36.5 Å². The van der Waals surface area contributed by atoms with E-state index >= 15 is 0 Å². The Hall–Kier alpha value is -3.48. The minimum Gasteiger partial charge on any atom is -0.276 e. The lowest BCUT2D eigenvalue weighted by molar-refractivity contribution is 1.32. The normalized spacial score (nSPS) is 9.85. The molecule has 0 saturated carbocycles. The molecule has 0 aliphatic carbocycles.